The summed E-state index contributed by atoms with van der Waals surface area (Å²) >= 11 is 0. The SMILES string of the molecule is CC(C)Cc1cc(-c2ccccc2)cc(CC(C)C)c1-n1ccnc1-c1[c-]cc(-c2ccccc2)cc1.[Ir].[Ir].[Ir].[c-]1cc(-c2ccccc2)ccc1-c1nccn1-c1c(C2CCCC2)cc(-c2ccccc2)cc1C1CCCC1.[c-]1cc2oc3ccccc3c2cc1-c1nccn1-c1c(C2CCCCC2)cc(-c2ccccc2)cc1C1CCCCC1. The maximum atomic E-state index is 6.13. The van der Waals surface area contributed by atoms with Crippen molar-refractivity contribution in [2.24, 2.45) is 11.8 Å². The van der Waals surface area contributed by atoms with Crippen molar-refractivity contribution < 1.29 is 64.7 Å². The Morgan fingerprint density at radius 3 is 0.967 bits per heavy atom. The van der Waals surface area contributed by atoms with Crippen molar-refractivity contribution >= 4 is 21.9 Å². The first-order valence-corrected chi connectivity index (χ1v) is 43.9. The zero-order chi connectivity index (χ0) is 79.7. The van der Waals surface area contributed by atoms with Gasteiger partial charge in [-0.25, -0.2) is 0 Å². The molecule has 0 spiro atoms. The van der Waals surface area contributed by atoms with Crippen molar-refractivity contribution in [2.75, 3.05) is 0 Å². The van der Waals surface area contributed by atoms with E-state index >= 15 is 0 Å². The Balaban J connectivity index is 0.000000140. The summed E-state index contributed by atoms with van der Waals surface area (Å²) in [7, 11) is 0. The average Bonchev–Trinajstić information content (AvgIpc) is 1.70. The second-order valence-corrected chi connectivity index (χ2v) is 34.4. The van der Waals surface area contributed by atoms with Crippen molar-refractivity contribution in [3.8, 4) is 107 Å². The summed E-state index contributed by atoms with van der Waals surface area (Å²) in [5, 5.41) is 2.26. The van der Waals surface area contributed by atoms with E-state index in [2.05, 4.69) is 315 Å². The number of furan rings is 1. The normalized spacial score (nSPS) is 14.6. The topological polar surface area (TPSA) is 66.6 Å². The summed E-state index contributed by atoms with van der Waals surface area (Å²) in [5.41, 5.74) is 30.3. The van der Waals surface area contributed by atoms with Gasteiger partial charge in [0.15, 0.2) is 0 Å². The van der Waals surface area contributed by atoms with E-state index in [9.17, 15) is 0 Å². The van der Waals surface area contributed by atoms with Gasteiger partial charge in [0.1, 0.15) is 5.58 Å². The molecule has 0 amide bonds. The van der Waals surface area contributed by atoms with Crippen LogP contribution in [-0.2, 0) is 73.2 Å². The van der Waals surface area contributed by atoms with Crippen molar-refractivity contribution in [3.63, 3.8) is 0 Å². The number of para-hydroxylation sites is 1. The molecule has 0 bridgehead atoms. The van der Waals surface area contributed by atoms with Gasteiger partial charge in [0.2, 0.25) is 0 Å². The summed E-state index contributed by atoms with van der Waals surface area (Å²) in [4.78, 5) is 14.7. The first-order chi connectivity index (χ1) is 58.2. The Kier molecular flexibility index (Phi) is 28.7. The van der Waals surface area contributed by atoms with Gasteiger partial charge in [-0.15, -0.1) is 83.4 Å². The minimum atomic E-state index is 0. The smallest absolute Gasteiger partial charge is 0.120 e. The summed E-state index contributed by atoms with van der Waals surface area (Å²) < 4.78 is 13.2. The van der Waals surface area contributed by atoms with Gasteiger partial charge in [0, 0.05) is 120 Å². The van der Waals surface area contributed by atoms with Crippen LogP contribution in [0.4, 0.5) is 0 Å². The molecule has 121 heavy (non-hydrogen) atoms. The molecular formula is C111H107Ir3N6O-3. The fourth-order valence-corrected chi connectivity index (χ4v) is 19.7. The van der Waals surface area contributed by atoms with E-state index in [4.69, 9.17) is 19.4 Å². The molecule has 10 heteroatoms. The first kappa shape index (κ1) is 86.0. The van der Waals surface area contributed by atoms with Crippen LogP contribution in [0.3, 0.4) is 0 Å². The van der Waals surface area contributed by atoms with E-state index in [0.29, 0.717) is 35.5 Å². The second-order valence-electron chi connectivity index (χ2n) is 34.4. The largest absolute Gasteiger partial charge is 0.500 e. The Morgan fingerprint density at radius 1 is 0.298 bits per heavy atom. The molecule has 0 atom stereocenters. The Bertz CT molecular complexity index is 5920. The van der Waals surface area contributed by atoms with E-state index in [-0.39, 0.29) is 60.3 Å². The number of imidazole rings is 3. The van der Waals surface area contributed by atoms with Gasteiger partial charge in [-0.05, 0) is 209 Å². The third-order valence-electron chi connectivity index (χ3n) is 25.4. The van der Waals surface area contributed by atoms with Gasteiger partial charge in [0.25, 0.3) is 0 Å². The number of hydrogen-bond donors (Lipinski definition) is 0. The monoisotopic (exact) mass is 2120 g/mol. The predicted octanol–water partition coefficient (Wildman–Crippen LogP) is 30.1. The molecule has 4 aliphatic rings. The maximum absolute atomic E-state index is 6.13. The zero-order valence-corrected chi connectivity index (χ0v) is 77.2. The molecule has 4 saturated carbocycles. The molecule has 4 aromatic heterocycles. The third-order valence-corrected chi connectivity index (χ3v) is 25.4. The molecule has 7 nitrogen and oxygen atoms in total. The quantitative estimate of drug-likeness (QED) is 0.0757. The molecule has 0 unspecified atom stereocenters. The predicted molar refractivity (Wildman–Crippen MR) is 489 cm³/mol. The van der Waals surface area contributed by atoms with Crippen LogP contribution < -0.4 is 0 Å². The van der Waals surface area contributed by atoms with E-state index in [1.54, 1.807) is 0 Å². The summed E-state index contributed by atoms with van der Waals surface area (Å²) in [6.45, 7) is 9.19. The number of rotatable bonds is 19. The minimum Gasteiger partial charge on any atom is -0.500 e. The zero-order valence-electron chi connectivity index (χ0n) is 70.0. The number of benzene rings is 12. The van der Waals surface area contributed by atoms with E-state index in [0.717, 1.165) is 74.5 Å². The minimum absolute atomic E-state index is 0. The summed E-state index contributed by atoms with van der Waals surface area (Å²) in [6, 6.07) is 105. The molecule has 0 saturated heterocycles. The van der Waals surface area contributed by atoms with Crippen LogP contribution in [0.25, 0.3) is 129 Å². The van der Waals surface area contributed by atoms with Crippen LogP contribution in [-0.4, -0.2) is 28.7 Å². The summed E-state index contributed by atoms with van der Waals surface area (Å²) in [6.07, 6.45) is 37.8. The van der Waals surface area contributed by atoms with Crippen LogP contribution >= 0.6 is 0 Å². The van der Waals surface area contributed by atoms with Crippen molar-refractivity contribution in [1.82, 2.24) is 28.7 Å². The van der Waals surface area contributed by atoms with Crippen LogP contribution in [0.15, 0.2) is 302 Å². The summed E-state index contributed by atoms with van der Waals surface area (Å²) in [5.74, 6) is 6.30. The van der Waals surface area contributed by atoms with Crippen LogP contribution in [0.2, 0.25) is 0 Å². The van der Waals surface area contributed by atoms with Crippen LogP contribution in [0, 0.1) is 30.0 Å². The number of nitrogens with zero attached hydrogens (tertiary/aromatic N) is 6. The standard InChI is InChI=1S/C39H37N2O.C37H35N2.C35H35N2.3Ir/c1-4-12-27(13-5-1)31-25-33(28-14-6-2-7-15-28)38(34(26-31)29-16-8-3-9-17-29)41-23-22-40-39(41)30-20-21-37-35(24-30)32-18-10-11-19-36(32)42-37;1-3-11-27(12-4-1)29-19-21-32(22-20-29)37-38-23-24-39(37)36-34(30-15-7-8-16-30)25-33(28-13-5-2-6-14-28)26-35(36)31-17-9-10-18-31;1-25(2)21-32-23-31(28-13-9-6-10-14-28)24-33(22-26(3)4)34(32)37-20-19-36-35(37)30-17-15-29(16-18-30)27-11-7-5-8-12-27;;;/h1,4-5,10-13,18-19,21-26,28-29H,2-3,6-9,14-17H2;1-6,11-14,19-21,23-26,30-31H,7-10,15-18H2;5-17,19-20,23-26H,21-22H2,1-4H3;;;/q3*-1;;;. The number of hydrogen-bond acceptors (Lipinski definition) is 4. The van der Waals surface area contributed by atoms with E-state index in [1.807, 2.05) is 42.9 Å². The molecule has 16 aromatic rings. The molecule has 4 fully saturated rings. The van der Waals surface area contributed by atoms with Gasteiger partial charge < -0.3 is 18.1 Å². The maximum Gasteiger partial charge on any atom is 0.120 e. The fraction of sp³-hybridized carbons (Fsp3) is 0.270. The van der Waals surface area contributed by atoms with Crippen LogP contribution in [0.1, 0.15) is 200 Å². The van der Waals surface area contributed by atoms with Gasteiger partial charge in [-0.1, -0.05) is 289 Å². The van der Waals surface area contributed by atoms with Gasteiger partial charge >= 0.3 is 0 Å². The third kappa shape index (κ3) is 19.3. The molecule has 617 valence electrons. The Morgan fingerprint density at radius 2 is 0.612 bits per heavy atom. The second kappa shape index (κ2) is 40.3. The van der Waals surface area contributed by atoms with E-state index < -0.39 is 0 Å². The molecule has 0 aliphatic heterocycles. The molecular weight excluding hydrogens is 2010 g/mol. The Labute approximate surface area is 757 Å². The molecule has 0 N–H and O–H groups in total. The van der Waals surface area contributed by atoms with Gasteiger partial charge in [-0.2, -0.15) is 0 Å². The molecule has 20 rings (SSSR count). The van der Waals surface area contributed by atoms with Gasteiger partial charge in [0.05, 0.1) is 23.1 Å². The number of aromatic nitrogens is 6. The molecule has 12 aromatic carbocycles. The van der Waals surface area contributed by atoms with Gasteiger partial charge in [-0.3, -0.25) is 15.0 Å². The molecule has 3 radical (unpaired) electrons. The number of fused-ring (bicyclic) bond motifs is 3. The van der Waals surface area contributed by atoms with E-state index in [1.165, 1.54) is 216 Å². The molecule has 4 heterocycles. The van der Waals surface area contributed by atoms with Crippen molar-refractivity contribution in [1.29, 1.82) is 0 Å². The van der Waals surface area contributed by atoms with Crippen LogP contribution in [0.5, 0.6) is 0 Å². The first-order valence-electron chi connectivity index (χ1n) is 43.9. The fourth-order valence-electron chi connectivity index (χ4n) is 19.7. The van der Waals surface area contributed by atoms with Crippen molar-refractivity contribution in [2.45, 2.75) is 180 Å². The average molecular weight is 2120 g/mol. The Hall–Kier alpha value is -9.98. The molecule has 4 aliphatic carbocycles. The van der Waals surface area contributed by atoms with Crippen molar-refractivity contribution in [3.05, 3.63) is 350 Å².